The maximum Gasteiger partial charge on any atom is 0.494 e. The summed E-state index contributed by atoms with van der Waals surface area (Å²) in [5.74, 6) is 0.452. The lowest BCUT2D eigenvalue weighted by molar-refractivity contribution is 0.00578. The fraction of sp³-hybridized carbons (Fsp3) is 0.481. The summed E-state index contributed by atoms with van der Waals surface area (Å²) < 4.78 is 20.4. The van der Waals surface area contributed by atoms with Crippen LogP contribution in [0.15, 0.2) is 36.4 Å². The molecule has 1 fully saturated rings. The van der Waals surface area contributed by atoms with Crippen molar-refractivity contribution in [2.45, 2.75) is 51.9 Å². The summed E-state index contributed by atoms with van der Waals surface area (Å²) in [6, 6.07) is 11.5. The van der Waals surface area contributed by atoms with Gasteiger partial charge in [0.05, 0.1) is 35.8 Å². The summed E-state index contributed by atoms with van der Waals surface area (Å²) in [4.78, 5) is 15.8. The van der Waals surface area contributed by atoms with Gasteiger partial charge >= 0.3 is 7.12 Å². The van der Waals surface area contributed by atoms with E-state index < -0.39 is 18.3 Å². The quantitative estimate of drug-likeness (QED) is 0.370. The van der Waals surface area contributed by atoms with Crippen molar-refractivity contribution in [1.82, 2.24) is 14.7 Å². The molecule has 1 atom stereocenters. The number of aromatic nitrogens is 2. The molecule has 0 radical (unpaired) electrons. The molecule has 3 heterocycles. The van der Waals surface area contributed by atoms with Crippen LogP contribution in [0.5, 0.6) is 5.75 Å². The number of carbonyl (C=O) groups excluding carboxylic acids is 1. The molecule has 2 aliphatic heterocycles. The average molecular weight is 510 g/mol. The Morgan fingerprint density at radius 2 is 1.86 bits per heavy atom. The number of ketones is 1. The van der Waals surface area contributed by atoms with Gasteiger partial charge in [-0.3, -0.25) is 9.48 Å². The lowest BCUT2D eigenvalue weighted by atomic mass is 9.78. The van der Waals surface area contributed by atoms with Gasteiger partial charge in [-0.25, -0.2) is 0 Å². The minimum Gasteiger partial charge on any atom is -0.493 e. The molecule has 0 saturated carbocycles. The van der Waals surface area contributed by atoms with E-state index in [2.05, 4.69) is 4.90 Å². The van der Waals surface area contributed by atoms with Gasteiger partial charge in [0.15, 0.2) is 5.78 Å². The summed E-state index contributed by atoms with van der Waals surface area (Å²) in [5, 5.41) is 6.28. The Morgan fingerprint density at radius 1 is 1.14 bits per heavy atom. The van der Waals surface area contributed by atoms with E-state index in [9.17, 15) is 4.79 Å². The summed E-state index contributed by atoms with van der Waals surface area (Å²) in [6.07, 6.45) is 0.576. The maximum absolute atomic E-state index is 13.7. The molecule has 1 saturated heterocycles. The van der Waals surface area contributed by atoms with Crippen LogP contribution in [0.25, 0.3) is 10.9 Å². The molecule has 1 aromatic heterocycles. The van der Waals surface area contributed by atoms with Crippen LogP contribution < -0.4 is 10.2 Å². The zero-order valence-electron chi connectivity index (χ0n) is 21.8. The Kier molecular flexibility index (Phi) is 6.44. The van der Waals surface area contributed by atoms with E-state index in [1.165, 1.54) is 0 Å². The smallest absolute Gasteiger partial charge is 0.493 e. The Hall–Kier alpha value is -2.39. The highest BCUT2D eigenvalue weighted by atomic mass is 35.5. The second kappa shape index (κ2) is 9.17. The number of nitrogens with zero attached hydrogens (tertiary/aromatic N) is 3. The van der Waals surface area contributed by atoms with E-state index in [0.717, 1.165) is 34.2 Å². The normalized spacial score (nSPS) is 20.6. The third kappa shape index (κ3) is 4.56. The van der Waals surface area contributed by atoms with Crippen LogP contribution in [0.4, 0.5) is 0 Å². The van der Waals surface area contributed by atoms with E-state index >= 15 is 0 Å². The first-order chi connectivity index (χ1) is 16.9. The second-order valence-electron chi connectivity index (χ2n) is 11.1. The molecule has 36 heavy (non-hydrogen) atoms. The molecule has 0 aliphatic carbocycles. The molecule has 2 aliphatic rings. The molecule has 9 heteroatoms. The standard InChI is InChI=1S/C27H33BClN3O4/c1-26(2)27(3,4)36-28(35-26)19-7-9-21-22(15-19)32(12-11-31(5)6)30-24(21)25(33)18-13-17-14-20(29)8-10-23(17)34-16-18/h7-10,14-15,18H,11-13,16H2,1-6H3. The van der Waals surface area contributed by atoms with Gasteiger partial charge in [-0.05, 0) is 83.5 Å². The topological polar surface area (TPSA) is 65.8 Å². The fourth-order valence-corrected chi connectivity index (χ4v) is 4.88. The molecule has 190 valence electrons. The van der Waals surface area contributed by atoms with Crippen LogP contribution in [0.1, 0.15) is 43.7 Å². The van der Waals surface area contributed by atoms with E-state index in [4.69, 9.17) is 30.7 Å². The first-order valence-corrected chi connectivity index (χ1v) is 12.8. The summed E-state index contributed by atoms with van der Waals surface area (Å²) in [6.45, 7) is 9.95. The molecule has 1 unspecified atom stereocenters. The van der Waals surface area contributed by atoms with Crippen LogP contribution >= 0.6 is 11.6 Å². The minimum atomic E-state index is -0.483. The van der Waals surface area contributed by atoms with Crippen molar-refractivity contribution in [2.24, 2.45) is 5.92 Å². The van der Waals surface area contributed by atoms with Gasteiger partial charge in [0.1, 0.15) is 11.4 Å². The molecular weight excluding hydrogens is 477 g/mol. The molecular formula is C27H33BClN3O4. The molecule has 5 rings (SSSR count). The molecule has 0 spiro atoms. The Bertz CT molecular complexity index is 1300. The summed E-state index contributed by atoms with van der Waals surface area (Å²) in [7, 11) is 3.56. The molecule has 7 nitrogen and oxygen atoms in total. The number of Topliss-reactive ketones (excluding diaryl/α,β-unsaturated/α-hetero) is 1. The second-order valence-corrected chi connectivity index (χ2v) is 11.5. The molecule has 2 aromatic carbocycles. The molecule has 0 bridgehead atoms. The van der Waals surface area contributed by atoms with E-state index in [1.54, 1.807) is 6.07 Å². The van der Waals surface area contributed by atoms with Crippen LogP contribution in [0, 0.1) is 5.92 Å². The van der Waals surface area contributed by atoms with Gasteiger partial charge < -0.3 is 18.9 Å². The van der Waals surface area contributed by atoms with Gasteiger partial charge in [0.2, 0.25) is 0 Å². The van der Waals surface area contributed by atoms with E-state index in [1.807, 2.05) is 76.8 Å². The van der Waals surface area contributed by atoms with Crippen molar-refractivity contribution < 1.29 is 18.8 Å². The fourth-order valence-electron chi connectivity index (χ4n) is 4.69. The monoisotopic (exact) mass is 509 g/mol. The van der Waals surface area contributed by atoms with E-state index in [0.29, 0.717) is 30.3 Å². The van der Waals surface area contributed by atoms with Crippen molar-refractivity contribution in [1.29, 1.82) is 0 Å². The largest absolute Gasteiger partial charge is 0.494 e. The number of hydrogen-bond donors (Lipinski definition) is 0. The summed E-state index contributed by atoms with van der Waals surface area (Å²) >= 11 is 6.19. The van der Waals surface area contributed by atoms with Gasteiger partial charge in [0.25, 0.3) is 0 Å². The zero-order chi connectivity index (χ0) is 25.8. The highest BCUT2D eigenvalue weighted by molar-refractivity contribution is 6.62. The predicted molar refractivity (Wildman–Crippen MR) is 142 cm³/mol. The first-order valence-electron chi connectivity index (χ1n) is 12.4. The Labute approximate surface area is 217 Å². The Morgan fingerprint density at radius 3 is 2.56 bits per heavy atom. The van der Waals surface area contributed by atoms with E-state index in [-0.39, 0.29) is 11.7 Å². The Balaban J connectivity index is 1.49. The number of halogens is 1. The lowest BCUT2D eigenvalue weighted by Gasteiger charge is -2.32. The number of hydrogen-bond acceptors (Lipinski definition) is 6. The average Bonchev–Trinajstić information content (AvgIpc) is 3.29. The van der Waals surface area contributed by atoms with Crippen molar-refractivity contribution >= 4 is 40.9 Å². The number of benzene rings is 2. The molecule has 0 amide bonds. The van der Waals surface area contributed by atoms with Gasteiger partial charge in [-0.2, -0.15) is 5.10 Å². The number of likely N-dealkylation sites (N-methyl/N-ethyl adjacent to an activating group) is 1. The van der Waals surface area contributed by atoms with Crippen LogP contribution in [-0.4, -0.2) is 66.0 Å². The van der Waals surface area contributed by atoms with Crippen LogP contribution in [-0.2, 0) is 22.3 Å². The van der Waals surface area contributed by atoms with Crippen molar-refractivity contribution in [3.8, 4) is 5.75 Å². The van der Waals surface area contributed by atoms with Crippen molar-refractivity contribution in [2.75, 3.05) is 27.2 Å². The number of rotatable bonds is 6. The highest BCUT2D eigenvalue weighted by Crippen LogP contribution is 2.37. The number of carbonyl (C=O) groups is 1. The predicted octanol–water partition coefficient (Wildman–Crippen LogP) is 3.98. The zero-order valence-corrected chi connectivity index (χ0v) is 22.6. The van der Waals surface area contributed by atoms with Crippen molar-refractivity contribution in [3.05, 3.63) is 52.7 Å². The lowest BCUT2D eigenvalue weighted by Crippen LogP contribution is -2.41. The SMILES string of the molecule is CN(C)CCn1nc(C(=O)C2COc3ccc(Cl)cc3C2)c2ccc(B3OC(C)(C)C(C)(C)O3)cc21. The van der Waals surface area contributed by atoms with Gasteiger partial charge in [0, 0.05) is 17.0 Å². The molecule has 0 N–H and O–H groups in total. The summed E-state index contributed by atoms with van der Waals surface area (Å²) in [5.41, 5.74) is 2.37. The minimum absolute atomic E-state index is 0.0161. The molecule has 3 aromatic rings. The third-order valence-electron chi connectivity index (χ3n) is 7.59. The highest BCUT2D eigenvalue weighted by Gasteiger charge is 2.51. The number of fused-ring (bicyclic) bond motifs is 2. The van der Waals surface area contributed by atoms with Crippen LogP contribution in [0.2, 0.25) is 5.02 Å². The number of ether oxygens (including phenoxy) is 1. The van der Waals surface area contributed by atoms with Gasteiger partial charge in [-0.1, -0.05) is 23.7 Å². The van der Waals surface area contributed by atoms with Gasteiger partial charge in [-0.15, -0.1) is 0 Å². The van der Waals surface area contributed by atoms with Crippen LogP contribution in [0.3, 0.4) is 0 Å². The maximum atomic E-state index is 13.7. The third-order valence-corrected chi connectivity index (χ3v) is 7.83. The first kappa shape index (κ1) is 25.3. The van der Waals surface area contributed by atoms with Crippen molar-refractivity contribution in [3.63, 3.8) is 0 Å².